The van der Waals surface area contributed by atoms with Crippen LogP contribution in [0.25, 0.3) is 0 Å². The van der Waals surface area contributed by atoms with E-state index in [4.69, 9.17) is 14.3 Å². The molecule has 0 rings (SSSR count). The number of carbonyl (C=O) groups is 2. The van der Waals surface area contributed by atoms with Gasteiger partial charge in [-0.05, 0) is 13.8 Å². The summed E-state index contributed by atoms with van der Waals surface area (Å²) >= 11 is 0. The quantitative estimate of drug-likeness (QED) is 0.261. The molecule has 1 atom stereocenters. The molecule has 6 heteroatoms. The van der Waals surface area contributed by atoms with E-state index in [-0.39, 0.29) is 37.4 Å². The molecule has 0 fully saturated rings. The maximum Gasteiger partial charge on any atom is 0.307 e. The molecule has 0 heterocycles. The third-order valence-electron chi connectivity index (χ3n) is 2.18. The summed E-state index contributed by atoms with van der Waals surface area (Å²) in [6, 6.07) is -0.378. The molecule has 0 saturated heterocycles. The van der Waals surface area contributed by atoms with E-state index in [9.17, 15) is 9.59 Å². The number of rotatable bonds is 11. The van der Waals surface area contributed by atoms with E-state index >= 15 is 0 Å². The first-order valence-corrected chi connectivity index (χ1v) is 6.26. The molecular weight excluding hydrogens is 238 g/mol. The second-order valence-electron chi connectivity index (χ2n) is 3.68. The van der Waals surface area contributed by atoms with Gasteiger partial charge in [0.1, 0.15) is 5.78 Å². The van der Waals surface area contributed by atoms with Crippen molar-refractivity contribution in [3.8, 4) is 0 Å². The smallest absolute Gasteiger partial charge is 0.307 e. The maximum atomic E-state index is 11.4. The molecule has 0 aliphatic rings. The first-order chi connectivity index (χ1) is 8.63. The maximum absolute atomic E-state index is 11.4. The summed E-state index contributed by atoms with van der Waals surface area (Å²) in [5, 5.41) is 0. The van der Waals surface area contributed by atoms with Crippen molar-refractivity contribution in [3.63, 3.8) is 0 Å². The van der Waals surface area contributed by atoms with Crippen molar-refractivity contribution in [1.82, 2.24) is 5.48 Å². The van der Waals surface area contributed by atoms with Crippen LogP contribution in [0, 0.1) is 0 Å². The van der Waals surface area contributed by atoms with Crippen LogP contribution in [-0.4, -0.2) is 37.8 Å². The molecule has 0 spiro atoms. The van der Waals surface area contributed by atoms with Crippen LogP contribution in [0.2, 0.25) is 0 Å². The summed E-state index contributed by atoms with van der Waals surface area (Å²) in [6.07, 6.45) is 0.777. The normalized spacial score (nSPS) is 12.2. The molecule has 0 aliphatic heterocycles. The summed E-state index contributed by atoms with van der Waals surface area (Å²) in [5.74, 6) is -0.282. The summed E-state index contributed by atoms with van der Waals surface area (Å²) in [7, 11) is 0. The van der Waals surface area contributed by atoms with Gasteiger partial charge in [0.15, 0.2) is 6.79 Å². The lowest BCUT2D eigenvalue weighted by Gasteiger charge is -2.16. The molecule has 106 valence electrons. The Hall–Kier alpha value is -0.980. The summed E-state index contributed by atoms with van der Waals surface area (Å²) in [5.41, 5.74) is 2.66. The van der Waals surface area contributed by atoms with Gasteiger partial charge in [0.05, 0.1) is 13.0 Å². The average Bonchev–Trinajstić information content (AvgIpc) is 2.34. The highest BCUT2D eigenvalue weighted by atomic mass is 16.8. The number of ether oxygens (including phenoxy) is 2. The molecule has 6 nitrogen and oxygen atoms in total. The van der Waals surface area contributed by atoms with Crippen molar-refractivity contribution in [3.05, 3.63) is 0 Å². The zero-order valence-electron chi connectivity index (χ0n) is 11.4. The van der Waals surface area contributed by atoms with Crippen LogP contribution in [0.1, 0.15) is 40.0 Å². The Morgan fingerprint density at radius 3 is 2.39 bits per heavy atom. The van der Waals surface area contributed by atoms with Gasteiger partial charge in [-0.15, -0.1) is 0 Å². The number of hydrogen-bond acceptors (Lipinski definition) is 6. The van der Waals surface area contributed by atoms with Crippen molar-refractivity contribution < 1.29 is 23.9 Å². The first kappa shape index (κ1) is 17.0. The van der Waals surface area contributed by atoms with Crippen molar-refractivity contribution in [1.29, 1.82) is 0 Å². The Morgan fingerprint density at radius 1 is 1.11 bits per heavy atom. The van der Waals surface area contributed by atoms with Crippen LogP contribution < -0.4 is 5.48 Å². The molecular formula is C12H23NO5. The molecule has 18 heavy (non-hydrogen) atoms. The molecule has 1 N–H and O–H groups in total. The van der Waals surface area contributed by atoms with E-state index in [1.807, 2.05) is 6.92 Å². The van der Waals surface area contributed by atoms with Gasteiger partial charge in [0, 0.05) is 25.5 Å². The Balaban J connectivity index is 4.07. The second-order valence-corrected chi connectivity index (χ2v) is 3.68. The van der Waals surface area contributed by atoms with Gasteiger partial charge in [-0.1, -0.05) is 6.92 Å². The molecule has 0 aromatic heterocycles. The fourth-order valence-electron chi connectivity index (χ4n) is 1.27. The van der Waals surface area contributed by atoms with Crippen LogP contribution >= 0.6 is 0 Å². The minimum absolute atomic E-state index is 0.0665. The number of hydroxylamine groups is 1. The van der Waals surface area contributed by atoms with E-state index < -0.39 is 0 Å². The van der Waals surface area contributed by atoms with Gasteiger partial charge in [-0.2, -0.15) is 5.48 Å². The second kappa shape index (κ2) is 11.1. The van der Waals surface area contributed by atoms with Crippen LogP contribution in [0.15, 0.2) is 0 Å². The summed E-state index contributed by atoms with van der Waals surface area (Å²) in [6.45, 7) is 6.31. The molecule has 0 radical (unpaired) electrons. The highest BCUT2D eigenvalue weighted by Gasteiger charge is 2.17. The third kappa shape index (κ3) is 9.09. The highest BCUT2D eigenvalue weighted by Crippen LogP contribution is 2.03. The first-order valence-electron chi connectivity index (χ1n) is 6.26. The topological polar surface area (TPSA) is 73.9 Å². The fraction of sp³-hybridized carbons (Fsp3) is 0.833. The molecule has 0 saturated carbocycles. The lowest BCUT2D eigenvalue weighted by molar-refractivity contribution is -0.147. The Kier molecular flexibility index (Phi) is 10.5. The van der Waals surface area contributed by atoms with Crippen LogP contribution in [0.4, 0.5) is 0 Å². The van der Waals surface area contributed by atoms with Crippen molar-refractivity contribution in [2.24, 2.45) is 0 Å². The van der Waals surface area contributed by atoms with E-state index in [2.05, 4.69) is 5.48 Å². The largest absolute Gasteiger partial charge is 0.466 e. The Bertz CT molecular complexity index is 245. The number of Topliss-reactive ketones (excluding diaryl/α,β-unsaturated/α-hetero) is 1. The van der Waals surface area contributed by atoms with E-state index in [1.54, 1.807) is 13.8 Å². The summed E-state index contributed by atoms with van der Waals surface area (Å²) < 4.78 is 9.82. The lowest BCUT2D eigenvalue weighted by atomic mass is 10.1. The van der Waals surface area contributed by atoms with Crippen molar-refractivity contribution >= 4 is 11.8 Å². The Labute approximate surface area is 108 Å². The number of carbonyl (C=O) groups excluding carboxylic acids is 2. The highest BCUT2D eigenvalue weighted by molar-refractivity contribution is 5.79. The van der Waals surface area contributed by atoms with Crippen LogP contribution in [0.3, 0.4) is 0 Å². The van der Waals surface area contributed by atoms with Gasteiger partial charge < -0.3 is 9.47 Å². The zero-order chi connectivity index (χ0) is 13.8. The van der Waals surface area contributed by atoms with E-state index in [1.165, 1.54) is 0 Å². The molecule has 0 aromatic carbocycles. The predicted octanol–water partition coefficient (Wildman–Crippen LogP) is 1.19. The van der Waals surface area contributed by atoms with Crippen LogP contribution in [-0.2, 0) is 23.9 Å². The third-order valence-corrected chi connectivity index (χ3v) is 2.18. The van der Waals surface area contributed by atoms with Gasteiger partial charge in [0.25, 0.3) is 0 Å². The summed E-state index contributed by atoms with van der Waals surface area (Å²) in [4.78, 5) is 27.8. The number of nitrogens with one attached hydrogen (secondary N) is 1. The van der Waals surface area contributed by atoms with Gasteiger partial charge >= 0.3 is 5.97 Å². The fourth-order valence-corrected chi connectivity index (χ4v) is 1.27. The van der Waals surface area contributed by atoms with E-state index in [0.29, 0.717) is 19.6 Å². The lowest BCUT2D eigenvalue weighted by Crippen LogP contribution is -2.34. The Morgan fingerprint density at radius 2 is 1.83 bits per heavy atom. The number of hydrogen-bond donors (Lipinski definition) is 1. The predicted molar refractivity (Wildman–Crippen MR) is 65.7 cm³/mol. The molecule has 0 amide bonds. The molecule has 0 aromatic rings. The minimum Gasteiger partial charge on any atom is -0.466 e. The van der Waals surface area contributed by atoms with Gasteiger partial charge in [0.2, 0.25) is 0 Å². The average molecular weight is 261 g/mol. The molecule has 0 aliphatic carbocycles. The van der Waals surface area contributed by atoms with Crippen LogP contribution in [0.5, 0.6) is 0 Å². The van der Waals surface area contributed by atoms with Gasteiger partial charge in [-0.25, -0.2) is 0 Å². The zero-order valence-corrected chi connectivity index (χ0v) is 11.4. The monoisotopic (exact) mass is 261 g/mol. The van der Waals surface area contributed by atoms with Crippen molar-refractivity contribution in [2.45, 2.75) is 46.1 Å². The standard InChI is InChI=1S/C12H23NO5/c1-4-11(14)7-10(8-12(15)17-6-3)13-18-9-16-5-2/h10,13H,4-9H2,1-3H3. The number of ketones is 1. The minimum atomic E-state index is -0.378. The SMILES string of the molecule is CCOCONC(CC(=O)CC)CC(=O)OCC. The van der Waals surface area contributed by atoms with Gasteiger partial charge in [-0.3, -0.25) is 14.4 Å². The molecule has 0 bridgehead atoms. The molecule has 1 unspecified atom stereocenters. The van der Waals surface area contributed by atoms with E-state index in [0.717, 1.165) is 0 Å². The van der Waals surface area contributed by atoms with Crippen molar-refractivity contribution in [2.75, 3.05) is 20.0 Å². The number of esters is 1.